The molecule has 0 saturated heterocycles. The van der Waals surface area contributed by atoms with Gasteiger partial charge in [-0.25, -0.2) is 8.78 Å². The summed E-state index contributed by atoms with van der Waals surface area (Å²) in [5.74, 6) is -2.40. The maximum atomic E-state index is 13.1. The van der Waals surface area contributed by atoms with Crippen molar-refractivity contribution in [3.05, 3.63) is 59.3 Å². The van der Waals surface area contributed by atoms with E-state index in [0.717, 1.165) is 28.7 Å². The fourth-order valence-electron chi connectivity index (χ4n) is 3.83. The first kappa shape index (κ1) is 16.2. The van der Waals surface area contributed by atoms with Gasteiger partial charge in [-0.15, -0.1) is 0 Å². The normalized spacial score (nSPS) is 17.0. The molecule has 0 aromatic carbocycles. The van der Waals surface area contributed by atoms with Crippen LogP contribution in [0.2, 0.25) is 0 Å². The lowest BCUT2D eigenvalue weighted by atomic mass is 9.81. The summed E-state index contributed by atoms with van der Waals surface area (Å²) in [4.78, 5) is 8.96. The molecule has 5 heteroatoms. The van der Waals surface area contributed by atoms with Gasteiger partial charge in [-0.05, 0) is 49.1 Å². The van der Waals surface area contributed by atoms with E-state index < -0.39 is 5.92 Å². The molecule has 3 heterocycles. The van der Waals surface area contributed by atoms with Crippen molar-refractivity contribution in [1.29, 1.82) is 0 Å². The summed E-state index contributed by atoms with van der Waals surface area (Å²) in [6, 6.07) is 6.04. The number of hydrogen-bond donors (Lipinski definition) is 0. The summed E-state index contributed by atoms with van der Waals surface area (Å²) in [6.07, 6.45) is 6.36. The second-order valence-corrected chi connectivity index (χ2v) is 7.16. The molecule has 130 valence electrons. The van der Waals surface area contributed by atoms with Gasteiger partial charge in [0.05, 0.1) is 11.2 Å². The van der Waals surface area contributed by atoms with E-state index >= 15 is 0 Å². The highest BCUT2D eigenvalue weighted by Crippen LogP contribution is 2.43. The smallest absolute Gasteiger partial charge is 0.248 e. The predicted octanol–water partition coefficient (Wildman–Crippen LogP) is 4.68. The zero-order valence-electron chi connectivity index (χ0n) is 14.5. The van der Waals surface area contributed by atoms with E-state index in [-0.39, 0.29) is 18.8 Å². The second kappa shape index (κ2) is 5.90. The summed E-state index contributed by atoms with van der Waals surface area (Å²) in [5, 5.41) is 1.09. The Bertz CT molecular complexity index is 902. The maximum Gasteiger partial charge on any atom is 0.248 e. The molecule has 0 radical (unpaired) electrons. The highest BCUT2D eigenvalue weighted by Gasteiger charge is 2.45. The average Bonchev–Trinajstić information content (AvgIpc) is 2.93. The summed E-state index contributed by atoms with van der Waals surface area (Å²) in [6.45, 7) is 4.75. The lowest BCUT2D eigenvalue weighted by Crippen LogP contribution is -2.37. The van der Waals surface area contributed by atoms with Gasteiger partial charge in [0.1, 0.15) is 0 Å². The molecule has 0 N–H and O–H groups in total. The van der Waals surface area contributed by atoms with Crippen molar-refractivity contribution < 1.29 is 8.78 Å². The molecular formula is C20H21F2N3. The Hall–Kier alpha value is -2.30. The molecule has 0 atom stereocenters. The van der Waals surface area contributed by atoms with Crippen LogP contribution < -0.4 is 0 Å². The largest absolute Gasteiger partial charge is 0.347 e. The van der Waals surface area contributed by atoms with E-state index in [1.807, 2.05) is 37.6 Å². The van der Waals surface area contributed by atoms with Crippen molar-refractivity contribution in [2.75, 3.05) is 0 Å². The number of fused-ring (bicyclic) bond motifs is 1. The number of aryl methyl sites for hydroxylation is 2. The Kier molecular flexibility index (Phi) is 3.82. The van der Waals surface area contributed by atoms with E-state index in [1.165, 1.54) is 11.1 Å². The van der Waals surface area contributed by atoms with Gasteiger partial charge in [-0.2, -0.15) is 0 Å². The fraction of sp³-hybridized carbons (Fsp3) is 0.400. The Morgan fingerprint density at radius 3 is 2.60 bits per heavy atom. The lowest BCUT2D eigenvalue weighted by Gasteiger charge is -2.35. The van der Waals surface area contributed by atoms with E-state index in [1.54, 1.807) is 0 Å². The Balaban J connectivity index is 1.63. The van der Waals surface area contributed by atoms with E-state index in [0.29, 0.717) is 6.54 Å². The number of pyridine rings is 2. The first-order valence-electron chi connectivity index (χ1n) is 8.64. The molecule has 0 unspecified atom stereocenters. The molecule has 0 amide bonds. The Labute approximate surface area is 145 Å². The van der Waals surface area contributed by atoms with Crippen LogP contribution in [0.5, 0.6) is 0 Å². The summed E-state index contributed by atoms with van der Waals surface area (Å²) in [5.41, 5.74) is 5.51. The van der Waals surface area contributed by atoms with Gasteiger partial charge < -0.3 is 4.57 Å². The lowest BCUT2D eigenvalue weighted by molar-refractivity contribution is -0.113. The van der Waals surface area contributed by atoms with Crippen LogP contribution in [0.1, 0.15) is 35.4 Å². The molecule has 1 aliphatic carbocycles. The molecule has 3 aromatic heterocycles. The molecule has 3 nitrogen and oxygen atoms in total. The molecule has 4 rings (SSSR count). The zero-order chi connectivity index (χ0) is 17.6. The molecule has 1 saturated carbocycles. The van der Waals surface area contributed by atoms with Crippen LogP contribution in [-0.2, 0) is 13.0 Å². The highest BCUT2D eigenvalue weighted by atomic mass is 19.3. The van der Waals surface area contributed by atoms with Gasteiger partial charge in [0, 0.05) is 55.5 Å². The minimum atomic E-state index is -2.46. The van der Waals surface area contributed by atoms with E-state index in [2.05, 4.69) is 27.5 Å². The van der Waals surface area contributed by atoms with Crippen LogP contribution in [0, 0.1) is 19.8 Å². The third kappa shape index (κ3) is 3.03. The Morgan fingerprint density at radius 1 is 1.12 bits per heavy atom. The summed E-state index contributed by atoms with van der Waals surface area (Å²) in [7, 11) is 0. The van der Waals surface area contributed by atoms with Crippen molar-refractivity contribution in [1.82, 2.24) is 14.5 Å². The third-order valence-electron chi connectivity index (χ3n) is 5.26. The van der Waals surface area contributed by atoms with Gasteiger partial charge >= 0.3 is 0 Å². The van der Waals surface area contributed by atoms with Gasteiger partial charge in [0.2, 0.25) is 5.92 Å². The van der Waals surface area contributed by atoms with Crippen molar-refractivity contribution in [2.45, 2.75) is 45.6 Å². The molecule has 0 spiro atoms. The first-order chi connectivity index (χ1) is 11.9. The van der Waals surface area contributed by atoms with Gasteiger partial charge in [0.15, 0.2) is 0 Å². The quantitative estimate of drug-likeness (QED) is 0.689. The van der Waals surface area contributed by atoms with Crippen LogP contribution >= 0.6 is 0 Å². The number of halogens is 2. The third-order valence-corrected chi connectivity index (χ3v) is 5.26. The summed E-state index contributed by atoms with van der Waals surface area (Å²) >= 11 is 0. The van der Waals surface area contributed by atoms with Crippen LogP contribution in [-0.4, -0.2) is 20.5 Å². The Morgan fingerprint density at radius 2 is 1.88 bits per heavy atom. The predicted molar refractivity (Wildman–Crippen MR) is 93.9 cm³/mol. The molecule has 0 bridgehead atoms. The molecule has 0 aliphatic heterocycles. The minimum Gasteiger partial charge on any atom is -0.347 e. The van der Waals surface area contributed by atoms with Crippen LogP contribution in [0.25, 0.3) is 10.9 Å². The van der Waals surface area contributed by atoms with Crippen molar-refractivity contribution in [3.63, 3.8) is 0 Å². The SMILES string of the molecule is Cc1ccnc(C)c1Cc1nccc2c1ccn2CC1CC(F)(F)C1. The number of nitrogens with zero attached hydrogens (tertiary/aromatic N) is 3. The average molecular weight is 341 g/mol. The first-order valence-corrected chi connectivity index (χ1v) is 8.64. The highest BCUT2D eigenvalue weighted by molar-refractivity contribution is 5.82. The van der Waals surface area contributed by atoms with Crippen molar-refractivity contribution in [3.8, 4) is 0 Å². The topological polar surface area (TPSA) is 30.7 Å². The molecule has 1 fully saturated rings. The van der Waals surface area contributed by atoms with Gasteiger partial charge in [-0.3, -0.25) is 9.97 Å². The van der Waals surface area contributed by atoms with Crippen LogP contribution in [0.3, 0.4) is 0 Å². The maximum absolute atomic E-state index is 13.1. The van der Waals surface area contributed by atoms with Crippen molar-refractivity contribution in [2.24, 2.45) is 5.92 Å². The van der Waals surface area contributed by atoms with Crippen LogP contribution in [0.15, 0.2) is 36.8 Å². The minimum absolute atomic E-state index is 0.00130. The zero-order valence-corrected chi connectivity index (χ0v) is 14.5. The van der Waals surface area contributed by atoms with E-state index in [9.17, 15) is 8.78 Å². The fourth-order valence-corrected chi connectivity index (χ4v) is 3.83. The van der Waals surface area contributed by atoms with Crippen molar-refractivity contribution >= 4 is 10.9 Å². The number of alkyl halides is 2. The van der Waals surface area contributed by atoms with Crippen LogP contribution in [0.4, 0.5) is 8.78 Å². The van der Waals surface area contributed by atoms with Gasteiger partial charge in [-0.1, -0.05) is 0 Å². The molecular weight excluding hydrogens is 320 g/mol. The number of aromatic nitrogens is 3. The number of rotatable bonds is 4. The monoisotopic (exact) mass is 341 g/mol. The van der Waals surface area contributed by atoms with E-state index in [4.69, 9.17) is 0 Å². The molecule has 3 aromatic rings. The van der Waals surface area contributed by atoms with Gasteiger partial charge in [0.25, 0.3) is 0 Å². The second-order valence-electron chi connectivity index (χ2n) is 7.16. The molecule has 1 aliphatic rings. The molecule has 25 heavy (non-hydrogen) atoms. The number of hydrogen-bond acceptors (Lipinski definition) is 2. The standard InChI is InChI=1S/C20H21F2N3/c1-13-3-6-23-14(2)17(13)9-18-16-5-8-25(19(16)4-7-24-18)12-15-10-20(21,22)11-15/h3-8,15H,9-12H2,1-2H3. The summed E-state index contributed by atoms with van der Waals surface area (Å²) < 4.78 is 28.3.